The molecule has 1 saturated heterocycles. The van der Waals surface area contributed by atoms with Crippen molar-refractivity contribution in [2.45, 2.75) is 39.5 Å². The van der Waals surface area contributed by atoms with Gasteiger partial charge in [-0.05, 0) is 49.9 Å². The lowest BCUT2D eigenvalue weighted by Crippen LogP contribution is -2.39. The Morgan fingerprint density at radius 2 is 1.83 bits per heavy atom. The van der Waals surface area contributed by atoms with Crippen molar-refractivity contribution in [2.75, 3.05) is 26.2 Å². The molecule has 0 saturated carbocycles. The zero-order valence-corrected chi connectivity index (χ0v) is 15.6. The van der Waals surface area contributed by atoms with Crippen LogP contribution in [0.15, 0.2) is 27.6 Å². The Morgan fingerprint density at radius 3 is 2.43 bits per heavy atom. The van der Waals surface area contributed by atoms with Crippen molar-refractivity contribution in [3.63, 3.8) is 0 Å². The minimum Gasteiger partial charge on any atom is -0.361 e. The first-order valence-electron chi connectivity index (χ1n) is 8.32. The highest BCUT2D eigenvalue weighted by molar-refractivity contribution is 7.97. The van der Waals surface area contributed by atoms with Gasteiger partial charge in [0.2, 0.25) is 0 Å². The highest BCUT2D eigenvalue weighted by atomic mass is 32.2. The van der Waals surface area contributed by atoms with Crippen LogP contribution in [0, 0.1) is 20.8 Å². The summed E-state index contributed by atoms with van der Waals surface area (Å²) >= 11 is 1.86. The molecule has 0 radical (unpaired) electrons. The summed E-state index contributed by atoms with van der Waals surface area (Å²) in [5.74, 6) is 0.884. The van der Waals surface area contributed by atoms with Crippen LogP contribution in [0.25, 0.3) is 11.1 Å². The first kappa shape index (κ1) is 18.0. The maximum atomic E-state index is 5.29. The first-order valence-corrected chi connectivity index (χ1v) is 9.10. The Balaban J connectivity index is 0.000000924. The second kappa shape index (κ2) is 8.52. The Labute approximate surface area is 143 Å². The topological polar surface area (TPSA) is 41.3 Å². The van der Waals surface area contributed by atoms with E-state index in [-0.39, 0.29) is 0 Å². The number of aryl methyl sites for hydroxylation is 3. The normalized spacial score (nSPS) is 15.2. The van der Waals surface area contributed by atoms with Crippen LogP contribution in [-0.2, 0) is 0 Å². The number of rotatable bonds is 3. The predicted molar refractivity (Wildman–Crippen MR) is 97.8 cm³/mol. The highest BCUT2D eigenvalue weighted by Gasteiger charge is 2.15. The Bertz CT molecular complexity index is 614. The third-order valence-electron chi connectivity index (χ3n) is 3.81. The van der Waals surface area contributed by atoms with Crippen LogP contribution in [-0.4, -0.2) is 35.6 Å². The fraction of sp³-hybridized carbons (Fsp3) is 0.500. The fourth-order valence-electron chi connectivity index (χ4n) is 2.62. The van der Waals surface area contributed by atoms with Crippen LogP contribution in [0.1, 0.15) is 30.9 Å². The fourth-order valence-corrected chi connectivity index (χ4v) is 3.66. The lowest BCUT2D eigenvalue weighted by molar-refractivity contribution is 0.393. The van der Waals surface area contributed by atoms with E-state index < -0.39 is 0 Å². The van der Waals surface area contributed by atoms with E-state index >= 15 is 0 Å². The van der Waals surface area contributed by atoms with E-state index in [9.17, 15) is 0 Å². The summed E-state index contributed by atoms with van der Waals surface area (Å²) in [4.78, 5) is 1.31. The number of nitrogens with one attached hydrogen (secondary N) is 1. The minimum atomic E-state index is 0.884. The smallest absolute Gasteiger partial charge is 0.141 e. The molecule has 1 aromatic carbocycles. The largest absolute Gasteiger partial charge is 0.361 e. The van der Waals surface area contributed by atoms with Gasteiger partial charge in [-0.15, -0.1) is 0 Å². The molecule has 3 rings (SSSR count). The molecule has 1 aromatic heterocycles. The van der Waals surface area contributed by atoms with Gasteiger partial charge in [0.15, 0.2) is 0 Å². The van der Waals surface area contributed by atoms with Gasteiger partial charge in [0, 0.05) is 36.6 Å². The molecule has 23 heavy (non-hydrogen) atoms. The van der Waals surface area contributed by atoms with Crippen molar-refractivity contribution in [1.29, 1.82) is 0 Å². The molecule has 1 aliphatic heterocycles. The average Bonchev–Trinajstić information content (AvgIpc) is 2.91. The number of aromatic nitrogens is 1. The zero-order chi connectivity index (χ0) is 16.8. The Hall–Kier alpha value is -1.30. The van der Waals surface area contributed by atoms with Crippen LogP contribution in [0.5, 0.6) is 0 Å². The molecule has 0 bridgehead atoms. The second-order valence-electron chi connectivity index (χ2n) is 5.45. The lowest BCUT2D eigenvalue weighted by Gasteiger charge is -2.26. The van der Waals surface area contributed by atoms with Crippen molar-refractivity contribution >= 4 is 11.9 Å². The van der Waals surface area contributed by atoms with Gasteiger partial charge < -0.3 is 9.84 Å². The van der Waals surface area contributed by atoms with Gasteiger partial charge in [-0.3, -0.25) is 0 Å². The molecule has 2 heterocycles. The molecular formula is C18H27N3OS. The average molecular weight is 334 g/mol. The van der Waals surface area contributed by atoms with Gasteiger partial charge in [-0.2, -0.15) is 0 Å². The molecule has 0 atom stereocenters. The van der Waals surface area contributed by atoms with Gasteiger partial charge in [0.25, 0.3) is 0 Å². The van der Waals surface area contributed by atoms with Crippen LogP contribution in [0.2, 0.25) is 0 Å². The third kappa shape index (κ3) is 4.37. The van der Waals surface area contributed by atoms with Gasteiger partial charge in [0.05, 0.1) is 5.69 Å². The van der Waals surface area contributed by atoms with E-state index in [1.807, 2.05) is 39.6 Å². The zero-order valence-electron chi connectivity index (χ0n) is 14.8. The van der Waals surface area contributed by atoms with E-state index in [2.05, 4.69) is 39.9 Å². The number of hydrogen-bond acceptors (Lipinski definition) is 5. The van der Waals surface area contributed by atoms with Crippen molar-refractivity contribution in [3.05, 3.63) is 35.2 Å². The Kier molecular flexibility index (Phi) is 6.69. The summed E-state index contributed by atoms with van der Waals surface area (Å²) in [5, 5.41) is 7.45. The summed E-state index contributed by atoms with van der Waals surface area (Å²) < 4.78 is 7.72. The molecule has 0 amide bonds. The van der Waals surface area contributed by atoms with Crippen molar-refractivity contribution < 1.29 is 4.52 Å². The van der Waals surface area contributed by atoms with Gasteiger partial charge in [-0.1, -0.05) is 31.1 Å². The maximum absolute atomic E-state index is 5.29. The van der Waals surface area contributed by atoms with Crippen LogP contribution < -0.4 is 5.32 Å². The molecule has 5 heteroatoms. The lowest BCUT2D eigenvalue weighted by atomic mass is 10.0. The van der Waals surface area contributed by atoms with E-state index in [1.165, 1.54) is 16.0 Å². The number of hydrogen-bond donors (Lipinski definition) is 1. The molecule has 1 fully saturated rings. The van der Waals surface area contributed by atoms with E-state index in [4.69, 9.17) is 4.52 Å². The molecule has 4 nitrogen and oxygen atoms in total. The molecule has 0 spiro atoms. The van der Waals surface area contributed by atoms with Crippen LogP contribution in [0.3, 0.4) is 0 Å². The van der Waals surface area contributed by atoms with Gasteiger partial charge in [0.1, 0.15) is 5.76 Å². The van der Waals surface area contributed by atoms with E-state index in [0.29, 0.717) is 0 Å². The minimum absolute atomic E-state index is 0.884. The molecule has 126 valence electrons. The molecule has 1 aliphatic rings. The van der Waals surface area contributed by atoms with E-state index in [0.717, 1.165) is 43.2 Å². The SMILES string of the molecule is CC.Cc1ccc(-c2c(C)noc2C)cc1SN1CCNCC1. The summed E-state index contributed by atoms with van der Waals surface area (Å²) in [6, 6.07) is 6.60. The third-order valence-corrected chi connectivity index (χ3v) is 5.07. The summed E-state index contributed by atoms with van der Waals surface area (Å²) in [5.41, 5.74) is 4.58. The predicted octanol–water partition coefficient (Wildman–Crippen LogP) is 4.21. The van der Waals surface area contributed by atoms with E-state index in [1.54, 1.807) is 0 Å². The monoisotopic (exact) mass is 333 g/mol. The molecule has 0 unspecified atom stereocenters. The number of benzene rings is 1. The first-order chi connectivity index (χ1) is 11.1. The summed E-state index contributed by atoms with van der Waals surface area (Å²) in [7, 11) is 0. The second-order valence-corrected chi connectivity index (χ2v) is 6.59. The maximum Gasteiger partial charge on any atom is 0.141 e. The number of piperazine rings is 1. The van der Waals surface area contributed by atoms with Crippen molar-refractivity contribution in [1.82, 2.24) is 14.8 Å². The Morgan fingerprint density at radius 1 is 1.13 bits per heavy atom. The quantitative estimate of drug-likeness (QED) is 0.852. The van der Waals surface area contributed by atoms with Crippen molar-refractivity contribution in [2.24, 2.45) is 0 Å². The van der Waals surface area contributed by atoms with Crippen molar-refractivity contribution in [3.8, 4) is 11.1 Å². The molecule has 1 N–H and O–H groups in total. The highest BCUT2D eigenvalue weighted by Crippen LogP contribution is 2.33. The molecular weight excluding hydrogens is 306 g/mol. The van der Waals surface area contributed by atoms with Crippen LogP contribution in [0.4, 0.5) is 0 Å². The van der Waals surface area contributed by atoms with Crippen LogP contribution >= 0.6 is 11.9 Å². The summed E-state index contributed by atoms with van der Waals surface area (Å²) in [6.45, 7) is 14.4. The molecule has 0 aliphatic carbocycles. The van der Waals surface area contributed by atoms with Gasteiger partial charge in [-0.25, -0.2) is 4.31 Å². The summed E-state index contributed by atoms with van der Waals surface area (Å²) in [6.07, 6.45) is 0. The van der Waals surface area contributed by atoms with Gasteiger partial charge >= 0.3 is 0 Å². The number of nitrogens with zero attached hydrogens (tertiary/aromatic N) is 2. The standard InChI is InChI=1S/C16H21N3OS.C2H6/c1-11-4-5-14(16-12(2)18-20-13(16)3)10-15(11)21-19-8-6-17-7-9-19;1-2/h4-5,10,17H,6-9H2,1-3H3;1-2H3. The molecule has 2 aromatic rings.